The van der Waals surface area contributed by atoms with Gasteiger partial charge >= 0.3 is 0 Å². The zero-order valence-electron chi connectivity index (χ0n) is 13.6. The van der Waals surface area contributed by atoms with E-state index >= 15 is 0 Å². The number of benzene rings is 2. The van der Waals surface area contributed by atoms with Crippen LogP contribution < -0.4 is 0 Å². The number of nitrogens with zero attached hydrogens (tertiary/aromatic N) is 1. The predicted octanol–water partition coefficient (Wildman–Crippen LogP) is 4.27. The van der Waals surface area contributed by atoms with E-state index in [1.165, 1.54) is 12.1 Å². The van der Waals surface area contributed by atoms with Gasteiger partial charge in [-0.2, -0.15) is 4.31 Å². The van der Waals surface area contributed by atoms with Crippen LogP contribution in [0.25, 0.3) is 0 Å². The number of hydrogen-bond acceptors (Lipinski definition) is 2. The standard InChI is InChI=1S/C19H22FNO2S/c20-18-11-7-10-17(14-18)19-12-5-2-6-13-21(19)24(22,23)15-16-8-3-1-4-9-16/h1,3-4,7-11,14,19H,2,5-6,12-13,15H2/t19-/m1/s1. The van der Waals surface area contributed by atoms with Gasteiger partial charge in [0.1, 0.15) is 5.82 Å². The monoisotopic (exact) mass is 347 g/mol. The minimum absolute atomic E-state index is 0.0142. The third-order valence-electron chi connectivity index (χ3n) is 4.49. The lowest BCUT2D eigenvalue weighted by molar-refractivity contribution is 0.327. The molecule has 0 unspecified atom stereocenters. The predicted molar refractivity (Wildman–Crippen MR) is 93.4 cm³/mol. The van der Waals surface area contributed by atoms with Gasteiger partial charge in [-0.1, -0.05) is 55.3 Å². The molecular weight excluding hydrogens is 325 g/mol. The summed E-state index contributed by atoms with van der Waals surface area (Å²) in [5, 5.41) is 0. The molecule has 1 aliphatic heterocycles. The quantitative estimate of drug-likeness (QED) is 0.828. The van der Waals surface area contributed by atoms with Gasteiger partial charge in [0.2, 0.25) is 10.0 Å². The van der Waals surface area contributed by atoms with Gasteiger partial charge in [-0.3, -0.25) is 0 Å². The van der Waals surface area contributed by atoms with Crippen molar-refractivity contribution in [2.24, 2.45) is 0 Å². The van der Waals surface area contributed by atoms with E-state index in [1.54, 1.807) is 10.4 Å². The van der Waals surface area contributed by atoms with Crippen molar-refractivity contribution in [3.05, 3.63) is 71.5 Å². The summed E-state index contributed by atoms with van der Waals surface area (Å²) >= 11 is 0. The average molecular weight is 347 g/mol. The van der Waals surface area contributed by atoms with Crippen molar-refractivity contribution < 1.29 is 12.8 Å². The minimum Gasteiger partial charge on any atom is -0.212 e. The van der Waals surface area contributed by atoms with Gasteiger partial charge in [-0.25, -0.2) is 12.8 Å². The lowest BCUT2D eigenvalue weighted by Crippen LogP contribution is -2.35. The highest BCUT2D eigenvalue weighted by Gasteiger charge is 2.32. The Bertz CT molecular complexity index is 777. The third-order valence-corrected chi connectivity index (χ3v) is 6.34. The van der Waals surface area contributed by atoms with Gasteiger partial charge < -0.3 is 0 Å². The molecule has 0 radical (unpaired) electrons. The Morgan fingerprint density at radius 3 is 2.54 bits per heavy atom. The van der Waals surface area contributed by atoms with Crippen molar-refractivity contribution in [1.29, 1.82) is 0 Å². The molecule has 1 atom stereocenters. The van der Waals surface area contributed by atoms with Crippen LogP contribution in [0.5, 0.6) is 0 Å². The molecule has 0 aliphatic carbocycles. The molecule has 2 aromatic carbocycles. The molecule has 0 N–H and O–H groups in total. The fraction of sp³-hybridized carbons (Fsp3) is 0.368. The van der Waals surface area contributed by atoms with E-state index in [1.807, 2.05) is 36.4 Å². The van der Waals surface area contributed by atoms with Crippen LogP contribution in [0, 0.1) is 5.82 Å². The summed E-state index contributed by atoms with van der Waals surface area (Å²) in [5.41, 5.74) is 1.52. The van der Waals surface area contributed by atoms with E-state index in [9.17, 15) is 12.8 Å². The van der Waals surface area contributed by atoms with Crippen molar-refractivity contribution in [3.8, 4) is 0 Å². The van der Waals surface area contributed by atoms with Gasteiger partial charge in [-0.05, 0) is 36.1 Å². The average Bonchev–Trinajstić information content (AvgIpc) is 2.82. The molecule has 1 aliphatic rings. The molecule has 1 fully saturated rings. The summed E-state index contributed by atoms with van der Waals surface area (Å²) in [4.78, 5) is 0. The lowest BCUT2D eigenvalue weighted by Gasteiger charge is -2.29. The minimum atomic E-state index is -3.46. The van der Waals surface area contributed by atoms with Gasteiger partial charge in [0, 0.05) is 12.6 Å². The van der Waals surface area contributed by atoms with Gasteiger partial charge in [0.05, 0.1) is 5.75 Å². The first-order valence-corrected chi connectivity index (χ1v) is 9.96. The maximum Gasteiger partial charge on any atom is 0.218 e. The van der Waals surface area contributed by atoms with Crippen LogP contribution in [0.3, 0.4) is 0 Å². The molecule has 1 saturated heterocycles. The molecule has 0 spiro atoms. The van der Waals surface area contributed by atoms with E-state index in [2.05, 4.69) is 0 Å². The molecule has 24 heavy (non-hydrogen) atoms. The molecule has 1 heterocycles. The van der Waals surface area contributed by atoms with Crippen molar-refractivity contribution in [2.45, 2.75) is 37.5 Å². The van der Waals surface area contributed by atoms with E-state index < -0.39 is 10.0 Å². The molecule has 0 saturated carbocycles. The number of hydrogen-bond donors (Lipinski definition) is 0. The summed E-state index contributed by atoms with van der Waals surface area (Å²) in [6.07, 6.45) is 3.54. The summed E-state index contributed by atoms with van der Waals surface area (Å²) in [6, 6.07) is 15.3. The van der Waals surface area contributed by atoms with Crippen LogP contribution >= 0.6 is 0 Å². The van der Waals surface area contributed by atoms with Crippen LogP contribution in [0.2, 0.25) is 0 Å². The third kappa shape index (κ3) is 4.02. The smallest absolute Gasteiger partial charge is 0.212 e. The second-order valence-electron chi connectivity index (χ2n) is 6.27. The van der Waals surface area contributed by atoms with E-state index in [-0.39, 0.29) is 17.6 Å². The van der Waals surface area contributed by atoms with Gasteiger partial charge in [0.25, 0.3) is 0 Å². The number of sulfonamides is 1. The van der Waals surface area contributed by atoms with Crippen LogP contribution in [0.4, 0.5) is 4.39 Å². The molecule has 5 heteroatoms. The first-order chi connectivity index (χ1) is 11.6. The largest absolute Gasteiger partial charge is 0.218 e. The maximum absolute atomic E-state index is 13.6. The Morgan fingerprint density at radius 1 is 1.00 bits per heavy atom. The molecule has 0 bridgehead atoms. The summed E-state index contributed by atoms with van der Waals surface area (Å²) in [5.74, 6) is -0.336. The second kappa shape index (κ2) is 7.45. The fourth-order valence-corrected chi connectivity index (χ4v) is 5.13. The molecular formula is C19H22FNO2S. The van der Waals surface area contributed by atoms with E-state index in [0.29, 0.717) is 6.54 Å². The molecule has 0 amide bonds. The lowest BCUT2D eigenvalue weighted by atomic mass is 10.0. The summed E-state index contributed by atoms with van der Waals surface area (Å²) < 4.78 is 41.2. The SMILES string of the molecule is O=S(=O)(Cc1ccccc1)N1CCCCC[C@@H]1c1cccc(F)c1. The molecule has 3 nitrogen and oxygen atoms in total. The second-order valence-corrected chi connectivity index (χ2v) is 8.19. The summed E-state index contributed by atoms with van der Waals surface area (Å²) in [6.45, 7) is 0.496. The van der Waals surface area contributed by atoms with Crippen molar-refractivity contribution in [2.75, 3.05) is 6.54 Å². The highest BCUT2D eigenvalue weighted by molar-refractivity contribution is 7.88. The van der Waals surface area contributed by atoms with Crippen LogP contribution in [-0.2, 0) is 15.8 Å². The van der Waals surface area contributed by atoms with E-state index in [4.69, 9.17) is 0 Å². The maximum atomic E-state index is 13.6. The normalized spacial score (nSPS) is 19.8. The van der Waals surface area contributed by atoms with Crippen molar-refractivity contribution >= 4 is 10.0 Å². The number of halogens is 1. The summed E-state index contributed by atoms with van der Waals surface area (Å²) in [7, 11) is -3.46. The molecule has 128 valence electrons. The zero-order chi connectivity index (χ0) is 17.0. The van der Waals surface area contributed by atoms with Crippen LogP contribution in [-0.4, -0.2) is 19.3 Å². The van der Waals surface area contributed by atoms with Gasteiger partial charge in [0.15, 0.2) is 0 Å². The van der Waals surface area contributed by atoms with Crippen LogP contribution in [0.15, 0.2) is 54.6 Å². The Morgan fingerprint density at radius 2 is 1.79 bits per heavy atom. The Kier molecular flexibility index (Phi) is 5.31. The number of rotatable bonds is 4. The van der Waals surface area contributed by atoms with Crippen molar-refractivity contribution in [1.82, 2.24) is 4.31 Å². The van der Waals surface area contributed by atoms with E-state index in [0.717, 1.165) is 36.8 Å². The fourth-order valence-electron chi connectivity index (χ4n) is 3.33. The zero-order valence-corrected chi connectivity index (χ0v) is 14.4. The Hall–Kier alpha value is -1.72. The first kappa shape index (κ1) is 17.1. The van der Waals surface area contributed by atoms with Gasteiger partial charge in [-0.15, -0.1) is 0 Å². The first-order valence-electron chi connectivity index (χ1n) is 8.35. The highest BCUT2D eigenvalue weighted by atomic mass is 32.2. The topological polar surface area (TPSA) is 37.4 Å². The Labute approximate surface area is 143 Å². The molecule has 2 aromatic rings. The molecule has 3 rings (SSSR count). The van der Waals surface area contributed by atoms with Crippen molar-refractivity contribution in [3.63, 3.8) is 0 Å². The Balaban J connectivity index is 1.92. The molecule has 0 aromatic heterocycles. The van der Waals surface area contributed by atoms with Crippen LogP contribution in [0.1, 0.15) is 42.9 Å². The highest BCUT2D eigenvalue weighted by Crippen LogP contribution is 2.33.